The van der Waals surface area contributed by atoms with Crippen LogP contribution in [0.5, 0.6) is 5.75 Å². The first-order valence-electron chi connectivity index (χ1n) is 10.5. The zero-order chi connectivity index (χ0) is 21.6. The van der Waals surface area contributed by atoms with Gasteiger partial charge in [0.25, 0.3) is 0 Å². The lowest BCUT2D eigenvalue weighted by atomic mass is 10.1. The number of anilines is 1. The summed E-state index contributed by atoms with van der Waals surface area (Å²) in [6, 6.07) is 13.9. The molecule has 0 aliphatic rings. The average Bonchev–Trinajstić information content (AvgIpc) is 3.43. The SMILES string of the molecule is CCOc1ccc(CC(=O)N(CCCn2ccnc2)c2nc3c(C)cccc3s2)cc1. The van der Waals surface area contributed by atoms with Crippen LogP contribution in [-0.4, -0.2) is 33.6 Å². The molecular formula is C24H26N4O2S. The van der Waals surface area contributed by atoms with Crippen molar-refractivity contribution in [3.63, 3.8) is 0 Å². The molecule has 2 aromatic carbocycles. The standard InChI is InChI=1S/C24H26N4O2S/c1-3-30-20-10-8-19(9-11-20)16-22(29)28(14-5-13-27-15-12-25-17-27)24-26-23-18(2)6-4-7-21(23)31-24/h4,6-12,15,17H,3,5,13-14,16H2,1-2H3. The maximum absolute atomic E-state index is 13.3. The molecule has 4 aromatic rings. The lowest BCUT2D eigenvalue weighted by molar-refractivity contribution is -0.118. The number of aromatic nitrogens is 3. The van der Waals surface area contributed by atoms with Crippen LogP contribution in [0, 0.1) is 6.92 Å². The molecular weight excluding hydrogens is 408 g/mol. The van der Waals surface area contributed by atoms with Gasteiger partial charge in [0.1, 0.15) is 5.75 Å². The van der Waals surface area contributed by atoms with E-state index < -0.39 is 0 Å². The molecule has 2 heterocycles. The first-order valence-corrected chi connectivity index (χ1v) is 11.3. The number of thiazole rings is 1. The molecule has 0 atom stereocenters. The van der Waals surface area contributed by atoms with Gasteiger partial charge in [-0.25, -0.2) is 9.97 Å². The molecule has 0 fully saturated rings. The van der Waals surface area contributed by atoms with Crippen molar-refractivity contribution in [1.82, 2.24) is 14.5 Å². The van der Waals surface area contributed by atoms with Crippen LogP contribution < -0.4 is 9.64 Å². The summed E-state index contributed by atoms with van der Waals surface area (Å²) in [5, 5.41) is 0.755. The molecule has 0 unspecified atom stereocenters. The summed E-state index contributed by atoms with van der Waals surface area (Å²) in [5.41, 5.74) is 3.05. The maximum atomic E-state index is 13.3. The number of carbonyl (C=O) groups is 1. The Labute approximate surface area is 186 Å². The van der Waals surface area contributed by atoms with Crippen molar-refractivity contribution in [2.75, 3.05) is 18.1 Å². The van der Waals surface area contributed by atoms with Crippen molar-refractivity contribution in [2.45, 2.75) is 33.2 Å². The van der Waals surface area contributed by atoms with Crippen LogP contribution in [0.15, 0.2) is 61.2 Å². The van der Waals surface area contributed by atoms with Gasteiger partial charge in [0.2, 0.25) is 5.91 Å². The van der Waals surface area contributed by atoms with Crippen LogP contribution in [0.3, 0.4) is 0 Å². The Hall–Kier alpha value is -3.19. The van der Waals surface area contributed by atoms with E-state index in [4.69, 9.17) is 9.72 Å². The monoisotopic (exact) mass is 434 g/mol. The fourth-order valence-electron chi connectivity index (χ4n) is 3.49. The van der Waals surface area contributed by atoms with E-state index in [1.54, 1.807) is 23.9 Å². The van der Waals surface area contributed by atoms with E-state index in [9.17, 15) is 4.79 Å². The number of fused-ring (bicyclic) bond motifs is 1. The van der Waals surface area contributed by atoms with Gasteiger partial charge in [-0.3, -0.25) is 9.69 Å². The molecule has 160 valence electrons. The summed E-state index contributed by atoms with van der Waals surface area (Å²) in [5.74, 6) is 0.865. The molecule has 4 rings (SSSR count). The predicted octanol–water partition coefficient (Wildman–Crippen LogP) is 4.87. The minimum absolute atomic E-state index is 0.0477. The van der Waals surface area contributed by atoms with Gasteiger partial charge in [-0.05, 0) is 49.6 Å². The molecule has 0 saturated carbocycles. The minimum Gasteiger partial charge on any atom is -0.494 e. The van der Waals surface area contributed by atoms with Crippen LogP contribution in [0.1, 0.15) is 24.5 Å². The summed E-state index contributed by atoms with van der Waals surface area (Å²) in [7, 11) is 0. The van der Waals surface area contributed by atoms with Gasteiger partial charge in [-0.1, -0.05) is 35.6 Å². The first kappa shape index (κ1) is 21.1. The van der Waals surface area contributed by atoms with E-state index in [0.29, 0.717) is 19.6 Å². The molecule has 0 aliphatic heterocycles. The molecule has 0 spiro atoms. The fraction of sp³-hybridized carbons (Fsp3) is 0.292. The third-order valence-corrected chi connectivity index (χ3v) is 6.13. The summed E-state index contributed by atoms with van der Waals surface area (Å²) in [4.78, 5) is 24.1. The zero-order valence-electron chi connectivity index (χ0n) is 17.8. The van der Waals surface area contributed by atoms with Crippen molar-refractivity contribution in [1.29, 1.82) is 0 Å². The molecule has 31 heavy (non-hydrogen) atoms. The fourth-order valence-corrected chi connectivity index (χ4v) is 4.57. The second-order valence-electron chi connectivity index (χ2n) is 7.37. The molecule has 0 saturated heterocycles. The Morgan fingerprint density at radius 2 is 2.03 bits per heavy atom. The maximum Gasteiger partial charge on any atom is 0.233 e. The quantitative estimate of drug-likeness (QED) is 0.377. The lowest BCUT2D eigenvalue weighted by Crippen LogP contribution is -2.33. The molecule has 7 heteroatoms. The number of carbonyl (C=O) groups excluding carboxylic acids is 1. The Morgan fingerprint density at radius 1 is 1.19 bits per heavy atom. The topological polar surface area (TPSA) is 60.2 Å². The van der Waals surface area contributed by atoms with E-state index in [1.807, 2.05) is 52.9 Å². The van der Waals surface area contributed by atoms with Crippen molar-refractivity contribution in [2.24, 2.45) is 0 Å². The summed E-state index contributed by atoms with van der Waals surface area (Å²) >= 11 is 1.57. The van der Waals surface area contributed by atoms with Gasteiger partial charge in [0, 0.05) is 25.5 Å². The smallest absolute Gasteiger partial charge is 0.233 e. The van der Waals surface area contributed by atoms with E-state index in [0.717, 1.165) is 45.2 Å². The number of imidazole rings is 1. The third-order valence-electron chi connectivity index (χ3n) is 5.09. The Bertz CT molecular complexity index is 1140. The van der Waals surface area contributed by atoms with Gasteiger partial charge in [0.05, 0.1) is 29.6 Å². The number of amides is 1. The molecule has 0 bridgehead atoms. The second-order valence-corrected chi connectivity index (χ2v) is 8.38. The lowest BCUT2D eigenvalue weighted by Gasteiger charge is -2.20. The van der Waals surface area contributed by atoms with Crippen molar-refractivity contribution < 1.29 is 9.53 Å². The molecule has 1 amide bonds. The molecule has 6 nitrogen and oxygen atoms in total. The summed E-state index contributed by atoms with van der Waals surface area (Å²) in [6.07, 6.45) is 6.65. The third kappa shape index (κ3) is 5.11. The van der Waals surface area contributed by atoms with Crippen LogP contribution in [0.25, 0.3) is 10.2 Å². The number of para-hydroxylation sites is 1. The van der Waals surface area contributed by atoms with Crippen molar-refractivity contribution in [3.8, 4) is 5.75 Å². The highest BCUT2D eigenvalue weighted by Gasteiger charge is 2.20. The van der Waals surface area contributed by atoms with Crippen molar-refractivity contribution in [3.05, 3.63) is 72.3 Å². The second kappa shape index (κ2) is 9.75. The van der Waals surface area contributed by atoms with Crippen LogP contribution in [0.2, 0.25) is 0 Å². The van der Waals surface area contributed by atoms with Gasteiger partial charge in [0.15, 0.2) is 5.13 Å². The Kier molecular flexibility index (Phi) is 6.62. The highest BCUT2D eigenvalue weighted by molar-refractivity contribution is 7.22. The van der Waals surface area contributed by atoms with Gasteiger partial charge in [-0.2, -0.15) is 0 Å². The zero-order valence-corrected chi connectivity index (χ0v) is 18.6. The van der Waals surface area contributed by atoms with E-state index in [1.165, 1.54) is 0 Å². The van der Waals surface area contributed by atoms with E-state index >= 15 is 0 Å². The summed E-state index contributed by atoms with van der Waals surface area (Å²) < 4.78 is 8.63. The van der Waals surface area contributed by atoms with E-state index in [2.05, 4.69) is 24.0 Å². The van der Waals surface area contributed by atoms with Gasteiger partial charge in [-0.15, -0.1) is 0 Å². The van der Waals surface area contributed by atoms with Gasteiger partial charge >= 0.3 is 0 Å². The molecule has 0 N–H and O–H groups in total. The number of nitrogens with zero attached hydrogens (tertiary/aromatic N) is 4. The first-order chi connectivity index (χ1) is 15.1. The Balaban J connectivity index is 1.54. The molecule has 2 aromatic heterocycles. The number of benzene rings is 2. The van der Waals surface area contributed by atoms with E-state index in [-0.39, 0.29) is 5.91 Å². The average molecular weight is 435 g/mol. The highest BCUT2D eigenvalue weighted by Crippen LogP contribution is 2.31. The predicted molar refractivity (Wildman–Crippen MR) is 125 cm³/mol. The van der Waals surface area contributed by atoms with Crippen molar-refractivity contribution >= 4 is 32.6 Å². The minimum atomic E-state index is 0.0477. The number of hydrogen-bond donors (Lipinski definition) is 0. The number of hydrogen-bond acceptors (Lipinski definition) is 5. The molecule has 0 aliphatic carbocycles. The number of aryl methyl sites for hydroxylation is 2. The Morgan fingerprint density at radius 3 is 2.74 bits per heavy atom. The van der Waals surface area contributed by atoms with Crippen LogP contribution in [0.4, 0.5) is 5.13 Å². The van der Waals surface area contributed by atoms with Crippen LogP contribution >= 0.6 is 11.3 Å². The largest absolute Gasteiger partial charge is 0.494 e. The number of ether oxygens (including phenoxy) is 1. The molecule has 0 radical (unpaired) electrons. The highest BCUT2D eigenvalue weighted by atomic mass is 32.1. The normalized spacial score (nSPS) is 11.0. The van der Waals surface area contributed by atoms with Crippen LogP contribution in [-0.2, 0) is 17.8 Å². The summed E-state index contributed by atoms with van der Waals surface area (Å²) in [6.45, 7) is 6.04. The number of rotatable bonds is 9. The van der Waals surface area contributed by atoms with Gasteiger partial charge < -0.3 is 9.30 Å².